The van der Waals surface area contributed by atoms with Gasteiger partial charge in [-0.05, 0) is 48.7 Å². The lowest BCUT2D eigenvalue weighted by Crippen LogP contribution is -2.24. The first-order chi connectivity index (χ1) is 16.8. The summed E-state index contributed by atoms with van der Waals surface area (Å²) in [5.41, 5.74) is 4.10. The van der Waals surface area contributed by atoms with Crippen LogP contribution in [-0.2, 0) is 21.5 Å². The lowest BCUT2D eigenvalue weighted by molar-refractivity contribution is -0.112. The lowest BCUT2D eigenvalue weighted by atomic mass is 9.83. The number of carbonyl (C=O) groups is 1. The van der Waals surface area contributed by atoms with Crippen molar-refractivity contribution in [2.45, 2.75) is 49.9 Å². The Bertz CT molecular complexity index is 1260. The number of thioether (sulfide) groups is 1. The maximum atomic E-state index is 13.1. The first-order valence-electron chi connectivity index (χ1n) is 11.9. The molecule has 0 saturated carbocycles. The number of ketones is 1. The Kier molecular flexibility index (Phi) is 6.75. The largest absolute Gasteiger partial charge is 0.376 e. The topological polar surface area (TPSA) is 60.2 Å². The van der Waals surface area contributed by atoms with Gasteiger partial charge in [-0.2, -0.15) is 0 Å². The highest BCUT2D eigenvalue weighted by atomic mass is 35.5. The molecule has 1 aromatic heterocycles. The number of ether oxygens (including phenoxy) is 1. The molecule has 2 aromatic carbocycles. The maximum Gasteiger partial charge on any atom is 0.192 e. The smallest absolute Gasteiger partial charge is 0.192 e. The molecule has 0 bridgehead atoms. The molecule has 0 spiro atoms. The fraction of sp³-hybridized carbons (Fsp3) is 0.370. The van der Waals surface area contributed by atoms with E-state index < -0.39 is 0 Å². The van der Waals surface area contributed by atoms with Crippen LogP contribution < -0.4 is 4.90 Å². The molecule has 0 unspecified atom stereocenters. The van der Waals surface area contributed by atoms with Gasteiger partial charge in [-0.15, -0.1) is 10.2 Å². The first kappa shape index (κ1) is 24.1. The highest BCUT2D eigenvalue weighted by molar-refractivity contribution is 7.99. The average molecular weight is 509 g/mol. The summed E-state index contributed by atoms with van der Waals surface area (Å²) in [7, 11) is 2.02. The highest BCUT2D eigenvalue weighted by Gasteiger charge is 2.38. The summed E-state index contributed by atoms with van der Waals surface area (Å²) < 4.78 is 7.96. The number of para-hydroxylation sites is 1. The van der Waals surface area contributed by atoms with Gasteiger partial charge in [0.1, 0.15) is 0 Å². The molecule has 1 fully saturated rings. The van der Waals surface area contributed by atoms with Crippen LogP contribution in [0, 0.1) is 0 Å². The zero-order valence-electron chi connectivity index (χ0n) is 20.2. The summed E-state index contributed by atoms with van der Waals surface area (Å²) in [4.78, 5) is 15.2. The summed E-state index contributed by atoms with van der Waals surface area (Å²) in [5.74, 6) is 1.10. The lowest BCUT2D eigenvalue weighted by Gasteiger charge is -2.23. The first-order valence-corrected chi connectivity index (χ1v) is 13.2. The SMILES string of the molecule is CN1/C(=C\C(=O)CSc2nnc(-c3ccc(Cl)cc3)n2C[C@H]2CCCO2)C(C)(C)c2ccccc21. The Morgan fingerprint density at radius 2 is 1.97 bits per heavy atom. The molecule has 3 aromatic rings. The van der Waals surface area contributed by atoms with Crippen molar-refractivity contribution in [3.8, 4) is 11.4 Å². The van der Waals surface area contributed by atoms with Crippen molar-refractivity contribution in [2.75, 3.05) is 24.3 Å². The molecule has 0 amide bonds. The van der Waals surface area contributed by atoms with Gasteiger partial charge in [0.05, 0.1) is 18.4 Å². The van der Waals surface area contributed by atoms with Crippen molar-refractivity contribution in [2.24, 2.45) is 0 Å². The minimum Gasteiger partial charge on any atom is -0.376 e. The van der Waals surface area contributed by atoms with E-state index in [1.165, 1.54) is 17.3 Å². The van der Waals surface area contributed by atoms with Crippen LogP contribution in [-0.4, -0.2) is 46.1 Å². The molecule has 6 nitrogen and oxygen atoms in total. The molecule has 2 aliphatic heterocycles. The van der Waals surface area contributed by atoms with Crippen molar-refractivity contribution in [3.05, 3.63) is 70.9 Å². The fourth-order valence-corrected chi connectivity index (χ4v) is 5.85. The van der Waals surface area contributed by atoms with Crippen molar-refractivity contribution in [1.29, 1.82) is 0 Å². The van der Waals surface area contributed by atoms with E-state index in [-0.39, 0.29) is 23.1 Å². The van der Waals surface area contributed by atoms with Crippen LogP contribution in [0.2, 0.25) is 5.02 Å². The summed E-state index contributed by atoms with van der Waals surface area (Å²) in [6, 6.07) is 15.9. The van der Waals surface area contributed by atoms with Crippen molar-refractivity contribution < 1.29 is 9.53 Å². The zero-order chi connectivity index (χ0) is 24.6. The maximum absolute atomic E-state index is 13.1. The Morgan fingerprint density at radius 3 is 2.69 bits per heavy atom. The number of benzene rings is 2. The van der Waals surface area contributed by atoms with E-state index in [1.54, 1.807) is 6.08 Å². The molecule has 0 N–H and O–H groups in total. The van der Waals surface area contributed by atoms with Gasteiger partial charge in [0.25, 0.3) is 0 Å². The van der Waals surface area contributed by atoms with Gasteiger partial charge in [0.15, 0.2) is 16.8 Å². The van der Waals surface area contributed by atoms with E-state index in [4.69, 9.17) is 16.3 Å². The predicted molar refractivity (Wildman–Crippen MR) is 141 cm³/mol. The van der Waals surface area contributed by atoms with Crippen molar-refractivity contribution in [3.63, 3.8) is 0 Å². The van der Waals surface area contributed by atoms with E-state index >= 15 is 0 Å². The third-order valence-electron chi connectivity index (χ3n) is 6.81. The molecule has 5 rings (SSSR count). The fourth-order valence-electron chi connectivity index (χ4n) is 4.95. The van der Waals surface area contributed by atoms with E-state index in [1.807, 2.05) is 43.4 Å². The summed E-state index contributed by atoms with van der Waals surface area (Å²) in [6.45, 7) is 5.77. The molecule has 3 heterocycles. The van der Waals surface area contributed by atoms with Crippen molar-refractivity contribution >= 4 is 34.8 Å². The molecule has 0 aliphatic carbocycles. The number of anilines is 1. The van der Waals surface area contributed by atoms with Crippen LogP contribution >= 0.6 is 23.4 Å². The number of hydrogen-bond acceptors (Lipinski definition) is 6. The van der Waals surface area contributed by atoms with E-state index in [9.17, 15) is 4.79 Å². The Morgan fingerprint density at radius 1 is 1.20 bits per heavy atom. The number of hydrogen-bond donors (Lipinski definition) is 0. The number of fused-ring (bicyclic) bond motifs is 1. The van der Waals surface area contributed by atoms with E-state index in [0.717, 1.165) is 47.4 Å². The quantitative estimate of drug-likeness (QED) is 0.299. The normalized spacial score (nSPS) is 19.9. The molecule has 2 aliphatic rings. The third-order valence-corrected chi connectivity index (χ3v) is 8.05. The number of nitrogens with zero attached hydrogens (tertiary/aromatic N) is 4. The molecule has 35 heavy (non-hydrogen) atoms. The van der Waals surface area contributed by atoms with Gasteiger partial charge >= 0.3 is 0 Å². The van der Waals surface area contributed by atoms with Gasteiger partial charge in [-0.3, -0.25) is 9.36 Å². The molecule has 182 valence electrons. The molecular formula is C27H29ClN4O2S. The van der Waals surface area contributed by atoms with Gasteiger partial charge < -0.3 is 9.64 Å². The third kappa shape index (κ3) is 4.77. The Balaban J connectivity index is 1.36. The van der Waals surface area contributed by atoms with Crippen LogP contribution in [0.15, 0.2) is 65.5 Å². The number of rotatable bonds is 7. The molecule has 1 atom stereocenters. The van der Waals surface area contributed by atoms with Crippen LogP contribution in [0.3, 0.4) is 0 Å². The molecule has 1 saturated heterocycles. The highest BCUT2D eigenvalue weighted by Crippen LogP contribution is 2.46. The summed E-state index contributed by atoms with van der Waals surface area (Å²) in [6.07, 6.45) is 3.98. The van der Waals surface area contributed by atoms with Crippen LogP contribution in [0.1, 0.15) is 32.3 Å². The van der Waals surface area contributed by atoms with Crippen LogP contribution in [0.5, 0.6) is 0 Å². The van der Waals surface area contributed by atoms with Gasteiger partial charge in [0, 0.05) is 47.1 Å². The second-order valence-corrected chi connectivity index (χ2v) is 10.9. The predicted octanol–water partition coefficient (Wildman–Crippen LogP) is 5.75. The number of carbonyl (C=O) groups excluding carboxylic acids is 1. The van der Waals surface area contributed by atoms with E-state index in [2.05, 4.69) is 45.6 Å². The number of halogens is 1. The van der Waals surface area contributed by atoms with Gasteiger partial charge in [0.2, 0.25) is 0 Å². The number of aromatic nitrogens is 3. The van der Waals surface area contributed by atoms with Crippen LogP contribution in [0.4, 0.5) is 5.69 Å². The summed E-state index contributed by atoms with van der Waals surface area (Å²) >= 11 is 7.50. The van der Waals surface area contributed by atoms with E-state index in [0.29, 0.717) is 11.6 Å². The van der Waals surface area contributed by atoms with Gasteiger partial charge in [-0.25, -0.2) is 0 Å². The Hall–Kier alpha value is -2.61. The minimum absolute atomic E-state index is 0.0532. The second-order valence-electron chi connectivity index (χ2n) is 9.54. The monoisotopic (exact) mass is 508 g/mol. The van der Waals surface area contributed by atoms with Crippen LogP contribution in [0.25, 0.3) is 11.4 Å². The number of likely N-dealkylation sites (N-methyl/N-ethyl adjacent to an activating group) is 1. The minimum atomic E-state index is -0.229. The molecular weight excluding hydrogens is 480 g/mol. The second kappa shape index (κ2) is 9.80. The molecule has 8 heteroatoms. The standard InChI is InChI=1S/C27H29ClN4O2S/c1-27(2)22-8-4-5-9-23(22)31(3)24(27)15-20(33)17-35-26-30-29-25(18-10-12-19(28)13-11-18)32(26)16-21-7-6-14-34-21/h4-5,8-13,15,21H,6-7,14,16-17H2,1-3H3/b24-15-/t21-/m1/s1. The Labute approximate surface area is 215 Å². The average Bonchev–Trinajstić information content (AvgIpc) is 3.55. The van der Waals surface area contributed by atoms with Crippen molar-refractivity contribution in [1.82, 2.24) is 14.8 Å². The molecule has 0 radical (unpaired) electrons. The van der Waals surface area contributed by atoms with Gasteiger partial charge in [-0.1, -0.05) is 55.4 Å². The summed E-state index contributed by atoms with van der Waals surface area (Å²) in [5, 5.41) is 10.3. The zero-order valence-corrected chi connectivity index (χ0v) is 21.8. The number of allylic oxidation sites excluding steroid dienone is 2.